The van der Waals surface area contributed by atoms with Crippen molar-refractivity contribution in [3.05, 3.63) is 28.8 Å². The van der Waals surface area contributed by atoms with E-state index in [4.69, 9.17) is 0 Å². The van der Waals surface area contributed by atoms with Crippen LogP contribution in [0.1, 0.15) is 42.4 Å². The van der Waals surface area contributed by atoms with E-state index in [1.807, 2.05) is 19.1 Å². The van der Waals surface area contributed by atoms with E-state index in [0.29, 0.717) is 24.1 Å². The molecule has 154 valence electrons. The molecule has 28 heavy (non-hydrogen) atoms. The number of benzene rings is 1. The second kappa shape index (κ2) is 9.29. The Balaban J connectivity index is 1.74. The largest absolute Gasteiger partial charge is 0.356 e. The van der Waals surface area contributed by atoms with Crippen LogP contribution < -0.4 is 10.0 Å². The van der Waals surface area contributed by atoms with Crippen LogP contribution in [0.25, 0.3) is 0 Å². The number of imide groups is 1. The summed E-state index contributed by atoms with van der Waals surface area (Å²) in [5.74, 6) is -0.640. The summed E-state index contributed by atoms with van der Waals surface area (Å²) in [5, 5.41) is 2.67. The summed E-state index contributed by atoms with van der Waals surface area (Å²) in [7, 11) is -3.69. The Morgan fingerprint density at radius 1 is 1.04 bits per heavy atom. The first-order valence-corrected chi connectivity index (χ1v) is 10.8. The van der Waals surface area contributed by atoms with Crippen LogP contribution in [0.5, 0.6) is 0 Å². The number of nitrogens with zero attached hydrogens (tertiary/aromatic N) is 1. The third-order valence-corrected chi connectivity index (χ3v) is 6.32. The van der Waals surface area contributed by atoms with Crippen LogP contribution in [0, 0.1) is 20.8 Å². The first-order chi connectivity index (χ1) is 13.1. The molecule has 2 N–H and O–H groups in total. The molecule has 1 fully saturated rings. The van der Waals surface area contributed by atoms with Crippen molar-refractivity contribution < 1.29 is 22.8 Å². The summed E-state index contributed by atoms with van der Waals surface area (Å²) in [6.45, 7) is 6.00. The van der Waals surface area contributed by atoms with E-state index in [1.54, 1.807) is 13.8 Å². The molecule has 1 aromatic rings. The summed E-state index contributed by atoms with van der Waals surface area (Å²) in [6.07, 6.45) is 0.984. The minimum absolute atomic E-state index is 0.00472. The number of carbonyl (C=O) groups is 3. The number of rotatable bonds is 9. The molecule has 8 nitrogen and oxygen atoms in total. The van der Waals surface area contributed by atoms with Crippen LogP contribution in [0.2, 0.25) is 0 Å². The molecule has 0 radical (unpaired) electrons. The minimum Gasteiger partial charge on any atom is -0.356 e. The molecule has 3 amide bonds. The first-order valence-electron chi connectivity index (χ1n) is 9.29. The van der Waals surface area contributed by atoms with Gasteiger partial charge in [0.05, 0.1) is 4.90 Å². The molecule has 9 heteroatoms. The maximum absolute atomic E-state index is 12.5. The molecule has 1 heterocycles. The predicted octanol–water partition coefficient (Wildman–Crippen LogP) is 0.936. The van der Waals surface area contributed by atoms with E-state index in [2.05, 4.69) is 10.0 Å². The average Bonchev–Trinajstić information content (AvgIpc) is 2.88. The van der Waals surface area contributed by atoms with Crippen LogP contribution in [0.15, 0.2) is 17.0 Å². The van der Waals surface area contributed by atoms with Gasteiger partial charge in [0.15, 0.2) is 0 Å². The molecule has 1 aromatic carbocycles. The minimum atomic E-state index is -3.69. The molecule has 0 bridgehead atoms. The van der Waals surface area contributed by atoms with Crippen LogP contribution in [0.4, 0.5) is 0 Å². The van der Waals surface area contributed by atoms with E-state index in [9.17, 15) is 22.8 Å². The van der Waals surface area contributed by atoms with Crippen molar-refractivity contribution in [2.45, 2.75) is 51.3 Å². The fourth-order valence-corrected chi connectivity index (χ4v) is 4.87. The van der Waals surface area contributed by atoms with Crippen LogP contribution in [-0.2, 0) is 24.4 Å². The highest BCUT2D eigenvalue weighted by Gasteiger charge is 2.28. The highest BCUT2D eigenvalue weighted by molar-refractivity contribution is 7.89. The topological polar surface area (TPSA) is 113 Å². The zero-order chi connectivity index (χ0) is 20.9. The molecule has 0 atom stereocenters. The third kappa shape index (κ3) is 5.62. The first kappa shape index (κ1) is 22.0. The number of likely N-dealkylation sites (tertiary alicyclic amines) is 1. The van der Waals surface area contributed by atoms with Gasteiger partial charge in [-0.25, -0.2) is 13.1 Å². The second-order valence-corrected chi connectivity index (χ2v) is 8.72. The molecule has 0 aromatic heterocycles. The fraction of sp³-hybridized carbons (Fsp3) is 0.526. The van der Waals surface area contributed by atoms with Crippen molar-refractivity contribution >= 4 is 27.7 Å². The molecule has 2 rings (SSSR count). The van der Waals surface area contributed by atoms with Crippen LogP contribution >= 0.6 is 0 Å². The lowest BCUT2D eigenvalue weighted by Gasteiger charge is -2.14. The standard InChI is InChI=1S/C19H27N3O5S/c1-13-11-14(2)19(15(3)12-13)28(26,27)21-9-7-16(23)20-8-4-10-22-17(24)5-6-18(22)25/h11-12,21H,4-10H2,1-3H3,(H,20,23). The quantitative estimate of drug-likeness (QED) is 0.465. The van der Waals surface area contributed by atoms with Crippen LogP contribution in [-0.4, -0.2) is 50.7 Å². The predicted molar refractivity (Wildman–Crippen MR) is 104 cm³/mol. The van der Waals surface area contributed by atoms with Gasteiger partial charge in [0.1, 0.15) is 0 Å². The molecule has 1 aliphatic rings. The van der Waals surface area contributed by atoms with Gasteiger partial charge in [0.2, 0.25) is 27.7 Å². The molecule has 1 aliphatic heterocycles. The van der Waals surface area contributed by atoms with Gasteiger partial charge in [-0.2, -0.15) is 0 Å². The van der Waals surface area contributed by atoms with Crippen molar-refractivity contribution in [1.29, 1.82) is 0 Å². The van der Waals surface area contributed by atoms with Crippen LogP contribution in [0.3, 0.4) is 0 Å². The number of carbonyl (C=O) groups excluding carboxylic acids is 3. The van der Waals surface area contributed by atoms with E-state index in [-0.39, 0.29) is 55.0 Å². The number of hydrogen-bond acceptors (Lipinski definition) is 5. The molecular weight excluding hydrogens is 382 g/mol. The Kier molecular flexibility index (Phi) is 7.31. The van der Waals surface area contributed by atoms with Gasteiger partial charge in [-0.1, -0.05) is 17.7 Å². The fourth-order valence-electron chi connectivity index (χ4n) is 3.39. The Morgan fingerprint density at radius 2 is 1.61 bits per heavy atom. The van der Waals surface area contributed by atoms with E-state index in [1.165, 1.54) is 4.90 Å². The van der Waals surface area contributed by atoms with Gasteiger partial charge in [-0.15, -0.1) is 0 Å². The van der Waals surface area contributed by atoms with Gasteiger partial charge in [-0.3, -0.25) is 19.3 Å². The van der Waals surface area contributed by atoms with Gasteiger partial charge >= 0.3 is 0 Å². The molecule has 0 aliphatic carbocycles. The average molecular weight is 410 g/mol. The van der Waals surface area contributed by atoms with Crippen molar-refractivity contribution in [2.24, 2.45) is 0 Å². The summed E-state index contributed by atoms with van der Waals surface area (Å²) in [5.41, 5.74) is 2.33. The Morgan fingerprint density at radius 3 is 2.18 bits per heavy atom. The Bertz CT molecular complexity index is 841. The van der Waals surface area contributed by atoms with Crippen molar-refractivity contribution in [1.82, 2.24) is 14.9 Å². The number of hydrogen-bond donors (Lipinski definition) is 2. The molecular formula is C19H27N3O5S. The lowest BCUT2D eigenvalue weighted by Crippen LogP contribution is -2.34. The maximum atomic E-state index is 12.5. The summed E-state index contributed by atoms with van der Waals surface area (Å²) in [4.78, 5) is 36.3. The number of sulfonamides is 1. The van der Waals surface area contributed by atoms with Crippen molar-refractivity contribution in [3.8, 4) is 0 Å². The number of aryl methyl sites for hydroxylation is 3. The monoisotopic (exact) mass is 409 g/mol. The van der Waals surface area contributed by atoms with Gasteiger partial charge in [0, 0.05) is 38.9 Å². The van der Waals surface area contributed by atoms with Gasteiger partial charge in [-0.05, 0) is 38.3 Å². The highest BCUT2D eigenvalue weighted by atomic mass is 32.2. The summed E-state index contributed by atoms with van der Waals surface area (Å²) in [6, 6.07) is 3.62. The highest BCUT2D eigenvalue weighted by Crippen LogP contribution is 2.21. The zero-order valence-corrected chi connectivity index (χ0v) is 17.3. The van der Waals surface area contributed by atoms with E-state index in [0.717, 1.165) is 5.56 Å². The van der Waals surface area contributed by atoms with Gasteiger partial charge < -0.3 is 5.32 Å². The second-order valence-electron chi connectivity index (χ2n) is 7.02. The lowest BCUT2D eigenvalue weighted by molar-refractivity contribution is -0.138. The summed E-state index contributed by atoms with van der Waals surface area (Å²) >= 11 is 0. The van der Waals surface area contributed by atoms with Crippen molar-refractivity contribution in [2.75, 3.05) is 19.6 Å². The maximum Gasteiger partial charge on any atom is 0.241 e. The third-order valence-electron chi connectivity index (χ3n) is 4.55. The molecule has 0 unspecified atom stereocenters. The smallest absolute Gasteiger partial charge is 0.241 e. The Labute approximate surface area is 165 Å². The number of nitrogens with one attached hydrogen (secondary N) is 2. The van der Waals surface area contributed by atoms with Crippen molar-refractivity contribution in [3.63, 3.8) is 0 Å². The Hall–Kier alpha value is -2.26. The van der Waals surface area contributed by atoms with E-state index >= 15 is 0 Å². The number of amides is 3. The van der Waals surface area contributed by atoms with E-state index < -0.39 is 10.0 Å². The lowest BCUT2D eigenvalue weighted by atomic mass is 10.1. The summed E-state index contributed by atoms with van der Waals surface area (Å²) < 4.78 is 27.5. The molecule has 1 saturated heterocycles. The molecule has 0 saturated carbocycles. The SMILES string of the molecule is Cc1cc(C)c(S(=O)(=O)NCCC(=O)NCCCN2C(=O)CCC2=O)c(C)c1. The molecule has 0 spiro atoms. The zero-order valence-electron chi connectivity index (χ0n) is 16.5. The normalized spacial score (nSPS) is 14.6. The van der Waals surface area contributed by atoms with Gasteiger partial charge in [0.25, 0.3) is 0 Å².